The number of amides is 1. The number of rotatable bonds is 4. The summed E-state index contributed by atoms with van der Waals surface area (Å²) in [7, 11) is 0. The van der Waals surface area contributed by atoms with Crippen LogP contribution < -0.4 is 16.2 Å². The molecule has 1 aliphatic rings. The normalized spacial score (nSPS) is 23.8. The summed E-state index contributed by atoms with van der Waals surface area (Å²) < 4.78 is 18.5. The SMILES string of the molecule is CC(C)(C)OC(=O)NC1(CO)CCC(Nc2cc(F)c[nH]c2=O)CC1. The number of aromatic nitrogens is 1. The molecule has 7 nitrogen and oxygen atoms in total. The van der Waals surface area contributed by atoms with Crippen molar-refractivity contribution in [3.05, 3.63) is 28.4 Å². The van der Waals surface area contributed by atoms with E-state index in [1.807, 2.05) is 0 Å². The Morgan fingerprint density at radius 1 is 1.44 bits per heavy atom. The molecule has 1 saturated carbocycles. The van der Waals surface area contributed by atoms with E-state index in [9.17, 15) is 19.1 Å². The molecule has 0 saturated heterocycles. The van der Waals surface area contributed by atoms with Gasteiger partial charge in [-0.05, 0) is 46.5 Å². The van der Waals surface area contributed by atoms with Crippen molar-refractivity contribution in [2.24, 2.45) is 0 Å². The van der Waals surface area contributed by atoms with Crippen molar-refractivity contribution >= 4 is 11.8 Å². The number of ether oxygens (including phenoxy) is 1. The second-order valence-corrected chi connectivity index (χ2v) is 7.54. The zero-order chi connectivity index (χ0) is 18.7. The molecule has 0 aromatic carbocycles. The van der Waals surface area contributed by atoms with Crippen LogP contribution in [-0.4, -0.2) is 40.0 Å². The number of hydrogen-bond donors (Lipinski definition) is 4. The van der Waals surface area contributed by atoms with Gasteiger partial charge in [0.25, 0.3) is 5.56 Å². The molecule has 2 rings (SSSR count). The van der Waals surface area contributed by atoms with Crippen molar-refractivity contribution in [1.82, 2.24) is 10.3 Å². The van der Waals surface area contributed by atoms with Crippen molar-refractivity contribution in [3.8, 4) is 0 Å². The molecule has 0 aliphatic heterocycles. The quantitative estimate of drug-likeness (QED) is 0.662. The van der Waals surface area contributed by atoms with Crippen molar-refractivity contribution in [2.75, 3.05) is 11.9 Å². The van der Waals surface area contributed by atoms with Crippen LogP contribution in [0.4, 0.5) is 14.9 Å². The van der Waals surface area contributed by atoms with Crippen molar-refractivity contribution < 1.29 is 19.0 Å². The lowest BCUT2D eigenvalue weighted by molar-refractivity contribution is 0.0338. The van der Waals surface area contributed by atoms with Gasteiger partial charge in [-0.2, -0.15) is 0 Å². The highest BCUT2D eigenvalue weighted by molar-refractivity contribution is 5.68. The number of carbonyl (C=O) groups excluding carboxylic acids is 1. The molecular formula is C17H26FN3O4. The van der Waals surface area contributed by atoms with Gasteiger partial charge in [-0.3, -0.25) is 4.79 Å². The highest BCUT2D eigenvalue weighted by Crippen LogP contribution is 2.30. The molecule has 1 heterocycles. The lowest BCUT2D eigenvalue weighted by Gasteiger charge is -2.40. The highest BCUT2D eigenvalue weighted by Gasteiger charge is 2.37. The van der Waals surface area contributed by atoms with Crippen molar-refractivity contribution in [1.29, 1.82) is 0 Å². The van der Waals surface area contributed by atoms with Crippen LogP contribution >= 0.6 is 0 Å². The Kier molecular flexibility index (Phi) is 5.72. The van der Waals surface area contributed by atoms with Crippen molar-refractivity contribution in [3.63, 3.8) is 0 Å². The number of pyridine rings is 1. The first kappa shape index (κ1) is 19.2. The summed E-state index contributed by atoms with van der Waals surface area (Å²) in [4.78, 5) is 26.0. The fraction of sp³-hybridized carbons (Fsp3) is 0.647. The van der Waals surface area contributed by atoms with Crippen LogP contribution in [0.5, 0.6) is 0 Å². The standard InChI is InChI=1S/C17H26FN3O4/c1-16(2,3)25-15(24)21-17(10-22)6-4-12(5-7-17)20-13-8-11(18)9-19-14(13)23/h8-9,12,20,22H,4-7,10H2,1-3H3,(H,19,23)(H,21,24). The molecule has 0 spiro atoms. The van der Waals surface area contributed by atoms with Gasteiger partial charge in [0, 0.05) is 18.3 Å². The van der Waals surface area contributed by atoms with Crippen LogP contribution in [0.15, 0.2) is 17.1 Å². The fourth-order valence-electron chi connectivity index (χ4n) is 2.94. The summed E-state index contributed by atoms with van der Waals surface area (Å²) in [5, 5.41) is 15.6. The monoisotopic (exact) mass is 355 g/mol. The number of aliphatic hydroxyl groups excluding tert-OH is 1. The number of alkyl carbamates (subject to hydrolysis) is 1. The number of aliphatic hydroxyl groups is 1. The third kappa shape index (κ3) is 5.45. The van der Waals surface area contributed by atoms with Crippen LogP contribution in [0.2, 0.25) is 0 Å². The van der Waals surface area contributed by atoms with Crippen LogP contribution in [0, 0.1) is 5.82 Å². The number of carbonyl (C=O) groups is 1. The summed E-state index contributed by atoms with van der Waals surface area (Å²) in [5.41, 5.74) is -1.55. The first-order chi connectivity index (χ1) is 11.6. The Balaban J connectivity index is 1.95. The van der Waals surface area contributed by atoms with Gasteiger partial charge in [-0.15, -0.1) is 0 Å². The van der Waals surface area contributed by atoms with Gasteiger partial charge in [-0.1, -0.05) is 0 Å². The smallest absolute Gasteiger partial charge is 0.408 e. The zero-order valence-electron chi connectivity index (χ0n) is 14.8. The van der Waals surface area contributed by atoms with Crippen LogP contribution in [-0.2, 0) is 4.74 Å². The van der Waals surface area contributed by atoms with E-state index in [2.05, 4.69) is 15.6 Å². The van der Waals surface area contributed by atoms with E-state index < -0.39 is 23.1 Å². The van der Waals surface area contributed by atoms with E-state index >= 15 is 0 Å². The lowest BCUT2D eigenvalue weighted by Crippen LogP contribution is -2.55. The van der Waals surface area contributed by atoms with Gasteiger partial charge in [0.15, 0.2) is 0 Å². The Labute approximate surface area is 146 Å². The molecule has 1 fully saturated rings. The van der Waals surface area contributed by atoms with Gasteiger partial charge in [-0.25, -0.2) is 9.18 Å². The van der Waals surface area contributed by atoms with Gasteiger partial charge in [0.05, 0.1) is 12.1 Å². The van der Waals surface area contributed by atoms with E-state index in [-0.39, 0.29) is 23.9 Å². The predicted octanol–water partition coefficient (Wildman–Crippen LogP) is 2.12. The average Bonchev–Trinajstić information content (AvgIpc) is 2.51. The number of aromatic amines is 1. The maximum absolute atomic E-state index is 13.3. The second kappa shape index (κ2) is 7.43. The van der Waals surface area contributed by atoms with Gasteiger partial charge in [0.1, 0.15) is 17.1 Å². The molecule has 1 aromatic heterocycles. The predicted molar refractivity (Wildman–Crippen MR) is 92.1 cm³/mol. The van der Waals surface area contributed by atoms with E-state index in [0.29, 0.717) is 25.7 Å². The molecule has 0 radical (unpaired) electrons. The van der Waals surface area contributed by atoms with E-state index in [4.69, 9.17) is 4.74 Å². The minimum Gasteiger partial charge on any atom is -0.444 e. The molecule has 0 atom stereocenters. The maximum atomic E-state index is 13.3. The molecule has 0 unspecified atom stereocenters. The van der Waals surface area contributed by atoms with E-state index in [1.165, 1.54) is 0 Å². The fourth-order valence-corrected chi connectivity index (χ4v) is 2.94. The number of anilines is 1. The Hall–Kier alpha value is -2.09. The largest absolute Gasteiger partial charge is 0.444 e. The third-order valence-corrected chi connectivity index (χ3v) is 4.24. The second-order valence-electron chi connectivity index (χ2n) is 7.54. The molecule has 4 N–H and O–H groups in total. The Bertz CT molecular complexity index is 661. The average molecular weight is 355 g/mol. The topological polar surface area (TPSA) is 103 Å². The third-order valence-electron chi connectivity index (χ3n) is 4.24. The minimum atomic E-state index is -0.741. The molecular weight excluding hydrogens is 329 g/mol. The number of nitrogens with one attached hydrogen (secondary N) is 3. The molecule has 1 amide bonds. The number of halogens is 1. The van der Waals surface area contributed by atoms with Crippen LogP contribution in [0.3, 0.4) is 0 Å². The molecule has 25 heavy (non-hydrogen) atoms. The van der Waals surface area contributed by atoms with Gasteiger partial charge < -0.3 is 25.5 Å². The summed E-state index contributed by atoms with van der Waals surface area (Å²) in [6.45, 7) is 5.13. The highest BCUT2D eigenvalue weighted by atomic mass is 19.1. The number of H-pyrrole nitrogens is 1. The molecule has 8 heteroatoms. The number of hydrogen-bond acceptors (Lipinski definition) is 5. The van der Waals surface area contributed by atoms with Gasteiger partial charge in [0.2, 0.25) is 0 Å². The summed E-state index contributed by atoms with van der Waals surface area (Å²) in [6, 6.07) is 1.12. The zero-order valence-corrected chi connectivity index (χ0v) is 14.8. The van der Waals surface area contributed by atoms with Gasteiger partial charge >= 0.3 is 6.09 Å². The molecule has 0 bridgehead atoms. The van der Waals surface area contributed by atoms with E-state index in [0.717, 1.165) is 12.3 Å². The van der Waals surface area contributed by atoms with Crippen molar-refractivity contribution in [2.45, 2.75) is 63.6 Å². The summed E-state index contributed by atoms with van der Waals surface area (Å²) in [5.74, 6) is -0.519. The lowest BCUT2D eigenvalue weighted by atomic mass is 9.80. The minimum absolute atomic E-state index is 0.0389. The maximum Gasteiger partial charge on any atom is 0.408 e. The first-order valence-electron chi connectivity index (χ1n) is 8.39. The van der Waals surface area contributed by atoms with Crippen LogP contribution in [0.25, 0.3) is 0 Å². The molecule has 1 aromatic rings. The molecule has 140 valence electrons. The Morgan fingerprint density at radius 2 is 2.08 bits per heavy atom. The van der Waals surface area contributed by atoms with E-state index in [1.54, 1.807) is 20.8 Å². The Morgan fingerprint density at radius 3 is 2.64 bits per heavy atom. The first-order valence-corrected chi connectivity index (χ1v) is 8.39. The van der Waals surface area contributed by atoms with Crippen LogP contribution in [0.1, 0.15) is 46.5 Å². The molecule has 1 aliphatic carbocycles. The summed E-state index contributed by atoms with van der Waals surface area (Å²) >= 11 is 0. The summed E-state index contributed by atoms with van der Waals surface area (Å²) in [6.07, 6.45) is 2.73.